The number of carbonyl (C=O) groups is 2. The van der Waals surface area contributed by atoms with Gasteiger partial charge in [0.05, 0.1) is 19.4 Å². The van der Waals surface area contributed by atoms with Gasteiger partial charge in [0, 0.05) is 0 Å². The molecule has 1 unspecified atom stereocenters. The second-order valence-electron chi connectivity index (χ2n) is 5.42. The van der Waals surface area contributed by atoms with Gasteiger partial charge in [-0.15, -0.1) is 0 Å². The van der Waals surface area contributed by atoms with Gasteiger partial charge in [-0.05, 0) is 12.8 Å². The van der Waals surface area contributed by atoms with Crippen molar-refractivity contribution >= 4 is 11.9 Å². The minimum Gasteiger partial charge on any atom is -0.481 e. The van der Waals surface area contributed by atoms with E-state index in [1.807, 2.05) is 6.08 Å². The van der Waals surface area contributed by atoms with E-state index in [0.717, 1.165) is 12.8 Å². The van der Waals surface area contributed by atoms with Crippen LogP contribution in [0.5, 0.6) is 0 Å². The third-order valence-electron chi connectivity index (χ3n) is 3.49. The van der Waals surface area contributed by atoms with Crippen LogP contribution in [0, 0.1) is 5.92 Å². The third-order valence-corrected chi connectivity index (χ3v) is 3.49. The molecule has 0 aromatic carbocycles. The first kappa shape index (κ1) is 19.7. The van der Waals surface area contributed by atoms with Gasteiger partial charge in [0.1, 0.15) is 0 Å². The number of allylic oxidation sites excluding steroid dienone is 1. The molecule has 0 spiro atoms. The van der Waals surface area contributed by atoms with Crippen LogP contribution in [0.4, 0.5) is 0 Å². The second-order valence-corrected chi connectivity index (χ2v) is 5.42. The molecular formula is C17H30O4. The lowest BCUT2D eigenvalue weighted by atomic mass is 10.0. The number of aliphatic carboxylic acids is 1. The summed E-state index contributed by atoms with van der Waals surface area (Å²) < 4.78 is 4.60. The molecule has 21 heavy (non-hydrogen) atoms. The second kappa shape index (κ2) is 13.7. The van der Waals surface area contributed by atoms with Crippen molar-refractivity contribution < 1.29 is 19.4 Å². The minimum absolute atomic E-state index is 0.208. The molecule has 0 rings (SSSR count). The van der Waals surface area contributed by atoms with E-state index in [4.69, 9.17) is 5.11 Å². The average Bonchev–Trinajstić information content (AvgIpc) is 2.46. The van der Waals surface area contributed by atoms with Crippen LogP contribution in [0.3, 0.4) is 0 Å². The molecule has 0 saturated heterocycles. The van der Waals surface area contributed by atoms with Crippen molar-refractivity contribution in [2.45, 2.75) is 71.1 Å². The number of unbranched alkanes of at least 4 members (excludes halogenated alkanes) is 8. The van der Waals surface area contributed by atoms with Gasteiger partial charge < -0.3 is 9.84 Å². The first-order valence-corrected chi connectivity index (χ1v) is 8.08. The Labute approximate surface area is 128 Å². The molecule has 0 aliphatic rings. The van der Waals surface area contributed by atoms with Gasteiger partial charge in [-0.3, -0.25) is 9.59 Å². The molecular weight excluding hydrogens is 268 g/mol. The van der Waals surface area contributed by atoms with Crippen molar-refractivity contribution in [2.24, 2.45) is 5.92 Å². The minimum atomic E-state index is -0.984. The molecule has 1 atom stereocenters. The Balaban J connectivity index is 3.71. The Morgan fingerprint density at radius 2 is 1.62 bits per heavy atom. The maximum Gasteiger partial charge on any atom is 0.313 e. The summed E-state index contributed by atoms with van der Waals surface area (Å²) in [6.07, 6.45) is 14.4. The Morgan fingerprint density at radius 3 is 2.14 bits per heavy atom. The molecule has 0 fully saturated rings. The van der Waals surface area contributed by atoms with Gasteiger partial charge in [-0.1, -0.05) is 64.0 Å². The number of esters is 1. The fourth-order valence-electron chi connectivity index (χ4n) is 2.23. The number of carboxylic acid groups (broad SMARTS) is 1. The van der Waals surface area contributed by atoms with E-state index in [1.54, 1.807) is 6.08 Å². The van der Waals surface area contributed by atoms with Crippen LogP contribution in [-0.2, 0) is 14.3 Å². The number of carboxylic acids is 1. The Kier molecular flexibility index (Phi) is 12.8. The van der Waals surface area contributed by atoms with E-state index in [9.17, 15) is 9.59 Å². The molecule has 4 nitrogen and oxygen atoms in total. The fraction of sp³-hybridized carbons (Fsp3) is 0.765. The smallest absolute Gasteiger partial charge is 0.313 e. The molecule has 0 amide bonds. The summed E-state index contributed by atoms with van der Waals surface area (Å²) in [6, 6.07) is 0. The number of rotatable bonds is 13. The molecule has 4 heteroatoms. The highest BCUT2D eigenvalue weighted by atomic mass is 16.5. The molecule has 0 aromatic heterocycles. The van der Waals surface area contributed by atoms with E-state index < -0.39 is 17.9 Å². The van der Waals surface area contributed by atoms with Gasteiger partial charge >= 0.3 is 11.9 Å². The Bertz CT molecular complexity index is 310. The van der Waals surface area contributed by atoms with Crippen LogP contribution in [0.15, 0.2) is 12.2 Å². The monoisotopic (exact) mass is 298 g/mol. The molecule has 0 aromatic rings. The summed E-state index contributed by atoms with van der Waals surface area (Å²) in [5, 5.41) is 8.75. The van der Waals surface area contributed by atoms with Crippen molar-refractivity contribution in [3.63, 3.8) is 0 Å². The topological polar surface area (TPSA) is 63.6 Å². The summed E-state index contributed by atoms with van der Waals surface area (Å²) in [5.74, 6) is -2.13. The van der Waals surface area contributed by atoms with Gasteiger partial charge in [-0.25, -0.2) is 0 Å². The predicted octanol–water partition coefficient (Wildman–Crippen LogP) is 4.34. The van der Waals surface area contributed by atoms with Crippen LogP contribution in [-0.4, -0.2) is 24.2 Å². The van der Waals surface area contributed by atoms with E-state index in [2.05, 4.69) is 11.7 Å². The SMILES string of the molecule is CCCCCCCCCCC=CC(CC(=O)O)C(=O)OC. The van der Waals surface area contributed by atoms with Crippen LogP contribution < -0.4 is 0 Å². The average molecular weight is 298 g/mol. The molecule has 122 valence electrons. The van der Waals surface area contributed by atoms with Crippen LogP contribution >= 0.6 is 0 Å². The number of ether oxygens (including phenoxy) is 1. The zero-order valence-corrected chi connectivity index (χ0v) is 13.5. The number of carbonyl (C=O) groups excluding carboxylic acids is 1. The predicted molar refractivity (Wildman–Crippen MR) is 84.1 cm³/mol. The first-order valence-electron chi connectivity index (χ1n) is 8.08. The fourth-order valence-corrected chi connectivity index (χ4v) is 2.23. The summed E-state index contributed by atoms with van der Waals surface area (Å²) in [6.45, 7) is 2.22. The highest BCUT2D eigenvalue weighted by Gasteiger charge is 2.18. The van der Waals surface area contributed by atoms with Crippen molar-refractivity contribution in [3.8, 4) is 0 Å². The van der Waals surface area contributed by atoms with Gasteiger partial charge in [0.25, 0.3) is 0 Å². The maximum absolute atomic E-state index is 11.4. The molecule has 1 N–H and O–H groups in total. The van der Waals surface area contributed by atoms with Crippen LogP contribution in [0.1, 0.15) is 71.1 Å². The van der Waals surface area contributed by atoms with Gasteiger partial charge in [0.2, 0.25) is 0 Å². The normalized spacial score (nSPS) is 12.5. The first-order chi connectivity index (χ1) is 10.1. The number of methoxy groups -OCH3 is 1. The molecule has 0 heterocycles. The van der Waals surface area contributed by atoms with Crippen molar-refractivity contribution in [1.29, 1.82) is 0 Å². The molecule has 0 aliphatic carbocycles. The highest BCUT2D eigenvalue weighted by molar-refractivity contribution is 5.80. The summed E-state index contributed by atoms with van der Waals surface area (Å²) in [4.78, 5) is 22.1. The third kappa shape index (κ3) is 12.2. The zero-order valence-electron chi connectivity index (χ0n) is 13.5. The summed E-state index contributed by atoms with van der Waals surface area (Å²) in [7, 11) is 1.28. The number of hydrogen-bond donors (Lipinski definition) is 1. The Hall–Kier alpha value is -1.32. The van der Waals surface area contributed by atoms with Crippen LogP contribution in [0.25, 0.3) is 0 Å². The molecule has 0 bridgehead atoms. The van der Waals surface area contributed by atoms with Crippen LogP contribution in [0.2, 0.25) is 0 Å². The summed E-state index contributed by atoms with van der Waals surface area (Å²) >= 11 is 0. The lowest BCUT2D eigenvalue weighted by Gasteiger charge is -2.07. The summed E-state index contributed by atoms with van der Waals surface area (Å²) in [5.41, 5.74) is 0. The highest BCUT2D eigenvalue weighted by Crippen LogP contribution is 2.12. The van der Waals surface area contributed by atoms with E-state index in [0.29, 0.717) is 0 Å². The molecule has 0 saturated carbocycles. The quantitative estimate of drug-likeness (QED) is 0.312. The van der Waals surface area contributed by atoms with Crippen molar-refractivity contribution in [2.75, 3.05) is 7.11 Å². The van der Waals surface area contributed by atoms with E-state index in [1.165, 1.54) is 52.1 Å². The van der Waals surface area contributed by atoms with Gasteiger partial charge in [-0.2, -0.15) is 0 Å². The lowest BCUT2D eigenvalue weighted by molar-refractivity contribution is -0.148. The van der Waals surface area contributed by atoms with E-state index in [-0.39, 0.29) is 6.42 Å². The molecule has 0 radical (unpaired) electrons. The number of hydrogen-bond acceptors (Lipinski definition) is 3. The van der Waals surface area contributed by atoms with Crippen molar-refractivity contribution in [3.05, 3.63) is 12.2 Å². The maximum atomic E-state index is 11.4. The van der Waals surface area contributed by atoms with E-state index >= 15 is 0 Å². The molecule has 0 aliphatic heterocycles. The van der Waals surface area contributed by atoms with Crippen molar-refractivity contribution in [1.82, 2.24) is 0 Å². The standard InChI is InChI=1S/C17H30O4/c1-3-4-5-6-7-8-9-10-11-12-13-15(14-16(18)19)17(20)21-2/h12-13,15H,3-11,14H2,1-2H3,(H,18,19). The van der Waals surface area contributed by atoms with Gasteiger partial charge in [0.15, 0.2) is 0 Å². The largest absolute Gasteiger partial charge is 0.481 e. The lowest BCUT2D eigenvalue weighted by Crippen LogP contribution is -2.17. The Morgan fingerprint density at radius 1 is 1.05 bits per heavy atom. The zero-order chi connectivity index (χ0) is 15.9.